The lowest BCUT2D eigenvalue weighted by Crippen LogP contribution is -2.45. The Balaban J connectivity index is 0.00000225. The van der Waals surface area contributed by atoms with E-state index in [0.717, 1.165) is 69.0 Å². The summed E-state index contributed by atoms with van der Waals surface area (Å²) in [5.41, 5.74) is 9.29. The zero-order valence-electron chi connectivity index (χ0n) is 15.9. The maximum atomic E-state index is 5.87. The van der Waals surface area contributed by atoms with Gasteiger partial charge in [-0.15, -0.1) is 12.4 Å². The second-order valence-electron chi connectivity index (χ2n) is 6.61. The number of aryl methyl sites for hydroxylation is 1. The van der Waals surface area contributed by atoms with Crippen LogP contribution in [0.4, 0.5) is 5.82 Å². The first kappa shape index (κ1) is 20.5. The quantitative estimate of drug-likeness (QED) is 0.480. The highest BCUT2D eigenvalue weighted by Gasteiger charge is 2.20. The normalized spacial score (nSPS) is 15.0. The van der Waals surface area contributed by atoms with Gasteiger partial charge in [0.1, 0.15) is 5.52 Å². The predicted octanol–water partition coefficient (Wildman–Crippen LogP) is 0.500. The molecule has 0 atom stereocenters. The minimum absolute atomic E-state index is 0. The van der Waals surface area contributed by atoms with Gasteiger partial charge in [-0.25, -0.2) is 9.61 Å². The maximum Gasteiger partial charge on any atom is 0.199 e. The number of hydrogen-bond donors (Lipinski definition) is 3. The van der Waals surface area contributed by atoms with Crippen molar-refractivity contribution in [3.63, 3.8) is 0 Å². The fourth-order valence-corrected chi connectivity index (χ4v) is 3.52. The van der Waals surface area contributed by atoms with Gasteiger partial charge in [-0.05, 0) is 17.2 Å². The van der Waals surface area contributed by atoms with Crippen molar-refractivity contribution in [3.8, 4) is 11.5 Å². The fourth-order valence-electron chi connectivity index (χ4n) is 3.52. The molecule has 4 heterocycles. The summed E-state index contributed by atoms with van der Waals surface area (Å²) in [6, 6.07) is 0. The number of nitrogens with two attached hydrogens (primary N) is 1. The third-order valence-corrected chi connectivity index (χ3v) is 4.90. The van der Waals surface area contributed by atoms with Crippen LogP contribution in [0, 0.1) is 0 Å². The van der Waals surface area contributed by atoms with E-state index in [1.54, 1.807) is 6.20 Å². The molecule has 3 aromatic rings. The lowest BCUT2D eigenvalue weighted by molar-refractivity contribution is 0.241. The van der Waals surface area contributed by atoms with E-state index in [4.69, 9.17) is 10.4 Å². The molecule has 0 aromatic carbocycles. The van der Waals surface area contributed by atoms with Gasteiger partial charge in [0.2, 0.25) is 0 Å². The van der Waals surface area contributed by atoms with Crippen LogP contribution < -0.4 is 16.4 Å². The third-order valence-electron chi connectivity index (χ3n) is 4.90. The maximum absolute atomic E-state index is 5.87. The van der Waals surface area contributed by atoms with Gasteiger partial charge in [-0.1, -0.05) is 0 Å². The van der Waals surface area contributed by atoms with Crippen LogP contribution in [-0.2, 0) is 13.1 Å². The fraction of sp³-hybridized carbons (Fsp3) is 0.529. The molecule has 1 aliphatic rings. The number of pyridine rings is 1. The Morgan fingerprint density at radius 1 is 1.25 bits per heavy atom. The van der Waals surface area contributed by atoms with Crippen molar-refractivity contribution in [1.29, 1.82) is 0 Å². The number of fused-ring (bicyclic) bond motifs is 1. The number of rotatable bonds is 7. The van der Waals surface area contributed by atoms with Crippen LogP contribution in [0.25, 0.3) is 22.6 Å². The van der Waals surface area contributed by atoms with E-state index in [0.29, 0.717) is 11.5 Å². The number of nitrogen functional groups attached to an aromatic ring is 1. The molecule has 0 aliphatic carbocycles. The van der Waals surface area contributed by atoms with Crippen LogP contribution in [0.2, 0.25) is 0 Å². The number of anilines is 1. The molecule has 0 spiro atoms. The van der Waals surface area contributed by atoms with Crippen molar-refractivity contribution in [2.24, 2.45) is 0 Å². The molecule has 152 valence electrons. The molecule has 10 nitrogen and oxygen atoms in total. The van der Waals surface area contributed by atoms with E-state index in [1.807, 2.05) is 6.20 Å². The summed E-state index contributed by atoms with van der Waals surface area (Å²) in [5.74, 6) is 0.893. The van der Waals surface area contributed by atoms with Crippen molar-refractivity contribution >= 4 is 29.3 Å². The summed E-state index contributed by atoms with van der Waals surface area (Å²) in [6.07, 6.45) is 3.65. The van der Waals surface area contributed by atoms with Crippen molar-refractivity contribution < 1.29 is 4.63 Å². The Hall–Kier alpha value is -2.27. The molecule has 0 unspecified atom stereocenters. The minimum Gasteiger partial charge on any atom is -0.379 e. The Morgan fingerprint density at radius 3 is 2.79 bits per heavy atom. The van der Waals surface area contributed by atoms with Crippen molar-refractivity contribution in [1.82, 2.24) is 40.4 Å². The summed E-state index contributed by atoms with van der Waals surface area (Å²) in [7, 11) is 0. The van der Waals surface area contributed by atoms with Crippen molar-refractivity contribution in [2.45, 2.75) is 20.0 Å². The van der Waals surface area contributed by atoms with Crippen LogP contribution in [-0.4, -0.2) is 69.0 Å². The van der Waals surface area contributed by atoms with Gasteiger partial charge in [-0.2, -0.15) is 0 Å². The van der Waals surface area contributed by atoms with E-state index in [9.17, 15) is 0 Å². The van der Waals surface area contributed by atoms with Crippen LogP contribution in [0.1, 0.15) is 12.5 Å². The molecule has 1 saturated heterocycles. The summed E-state index contributed by atoms with van der Waals surface area (Å²) in [6.45, 7) is 9.87. The van der Waals surface area contributed by atoms with Gasteiger partial charge in [0, 0.05) is 64.1 Å². The molecule has 1 aliphatic heterocycles. The standard InChI is InChI=1S/C17H25N9O.ClH/c1-2-26-15-12(9-20-5-8-25-6-3-19-4-7-25)10-21-11-13(15)22-17(26)14-16(18)24-27-23-14;/h10-11,19-20H,2-9H2,1H3,(H2,18,24);1H. The highest BCUT2D eigenvalue weighted by atomic mass is 35.5. The highest BCUT2D eigenvalue weighted by Crippen LogP contribution is 2.27. The number of halogens is 1. The molecule has 4 N–H and O–H groups in total. The van der Waals surface area contributed by atoms with Gasteiger partial charge in [0.05, 0.1) is 11.7 Å². The van der Waals surface area contributed by atoms with E-state index in [-0.39, 0.29) is 18.2 Å². The van der Waals surface area contributed by atoms with E-state index >= 15 is 0 Å². The first-order chi connectivity index (χ1) is 13.3. The second kappa shape index (κ2) is 9.28. The van der Waals surface area contributed by atoms with Gasteiger partial charge < -0.3 is 20.9 Å². The van der Waals surface area contributed by atoms with Crippen molar-refractivity contribution in [2.75, 3.05) is 45.0 Å². The molecule has 0 bridgehead atoms. The average Bonchev–Trinajstić information content (AvgIpc) is 3.29. The lowest BCUT2D eigenvalue weighted by atomic mass is 10.2. The molecule has 4 rings (SSSR count). The van der Waals surface area contributed by atoms with Gasteiger partial charge in [0.25, 0.3) is 0 Å². The largest absolute Gasteiger partial charge is 0.379 e. The first-order valence-electron chi connectivity index (χ1n) is 9.33. The zero-order chi connectivity index (χ0) is 18.6. The summed E-state index contributed by atoms with van der Waals surface area (Å²) in [5, 5.41) is 14.5. The number of nitrogens with zero attached hydrogens (tertiary/aromatic N) is 6. The molecule has 0 radical (unpaired) electrons. The van der Waals surface area contributed by atoms with Gasteiger partial charge >= 0.3 is 0 Å². The molecular formula is C17H26ClN9O. The first-order valence-corrected chi connectivity index (χ1v) is 9.33. The molecule has 11 heteroatoms. The van der Waals surface area contributed by atoms with Crippen LogP contribution in [0.5, 0.6) is 0 Å². The van der Waals surface area contributed by atoms with E-state index < -0.39 is 0 Å². The van der Waals surface area contributed by atoms with Gasteiger partial charge in [0.15, 0.2) is 17.3 Å². The lowest BCUT2D eigenvalue weighted by Gasteiger charge is -2.27. The number of imidazole rings is 1. The second-order valence-corrected chi connectivity index (χ2v) is 6.61. The monoisotopic (exact) mass is 407 g/mol. The third kappa shape index (κ3) is 4.09. The molecule has 3 aromatic heterocycles. The summed E-state index contributed by atoms with van der Waals surface area (Å²) >= 11 is 0. The van der Waals surface area contributed by atoms with Crippen LogP contribution in [0.15, 0.2) is 17.0 Å². The number of piperazine rings is 1. The smallest absolute Gasteiger partial charge is 0.199 e. The van der Waals surface area contributed by atoms with Crippen LogP contribution >= 0.6 is 12.4 Å². The van der Waals surface area contributed by atoms with E-state index in [1.165, 1.54) is 0 Å². The van der Waals surface area contributed by atoms with E-state index in [2.05, 4.69) is 47.3 Å². The number of nitrogens with one attached hydrogen (secondary N) is 2. The Bertz CT molecular complexity index is 903. The Morgan fingerprint density at radius 2 is 2.07 bits per heavy atom. The highest BCUT2D eigenvalue weighted by molar-refractivity contribution is 5.85. The SMILES string of the molecule is CCn1c(-c2nonc2N)nc2cncc(CNCCN3CCNCC3)c21.Cl. The number of aromatic nitrogens is 5. The zero-order valence-corrected chi connectivity index (χ0v) is 16.7. The predicted molar refractivity (Wildman–Crippen MR) is 109 cm³/mol. The summed E-state index contributed by atoms with van der Waals surface area (Å²) < 4.78 is 6.83. The van der Waals surface area contributed by atoms with Gasteiger partial charge in [-0.3, -0.25) is 9.88 Å². The molecular weight excluding hydrogens is 382 g/mol. The summed E-state index contributed by atoms with van der Waals surface area (Å²) in [4.78, 5) is 11.5. The Kier molecular flexibility index (Phi) is 6.79. The minimum atomic E-state index is 0. The number of hydrogen-bond acceptors (Lipinski definition) is 9. The molecule has 0 amide bonds. The van der Waals surface area contributed by atoms with Crippen LogP contribution in [0.3, 0.4) is 0 Å². The molecule has 28 heavy (non-hydrogen) atoms. The molecule has 1 fully saturated rings. The molecule has 0 saturated carbocycles. The van der Waals surface area contributed by atoms with Crippen molar-refractivity contribution in [3.05, 3.63) is 18.0 Å². The Labute approximate surface area is 169 Å². The topological polar surface area (TPSA) is 123 Å². The average molecular weight is 408 g/mol.